The minimum Gasteiger partial charge on any atom is -0.391 e. The lowest BCUT2D eigenvalue weighted by atomic mass is 10.0. The molecule has 0 aliphatic carbocycles. The molecule has 1 saturated heterocycles. The molecule has 1 aliphatic rings. The molecule has 6 nitrogen and oxygen atoms in total. The minimum atomic E-state index is -0.614. The molecule has 0 spiro atoms. The summed E-state index contributed by atoms with van der Waals surface area (Å²) in [5, 5.41) is 13.4. The van der Waals surface area contributed by atoms with Crippen molar-refractivity contribution in [1.29, 1.82) is 0 Å². The van der Waals surface area contributed by atoms with Gasteiger partial charge in [-0.2, -0.15) is 0 Å². The first-order chi connectivity index (χ1) is 11.0. The quantitative estimate of drug-likeness (QED) is 0.780. The number of rotatable bonds is 4. The van der Waals surface area contributed by atoms with Crippen LogP contribution in [0, 0.1) is 0 Å². The van der Waals surface area contributed by atoms with Crippen molar-refractivity contribution in [2.75, 3.05) is 13.1 Å². The number of amides is 2. The van der Waals surface area contributed by atoms with Gasteiger partial charge in [-0.15, -0.1) is 0 Å². The van der Waals surface area contributed by atoms with Gasteiger partial charge in [0.25, 0.3) is 0 Å². The highest BCUT2D eigenvalue weighted by atomic mass is 16.3. The molecule has 2 heterocycles. The van der Waals surface area contributed by atoms with Gasteiger partial charge >= 0.3 is 0 Å². The Bertz CT molecular complexity index is 725. The molecule has 2 aromatic rings. The zero-order chi connectivity index (χ0) is 16.4. The van der Waals surface area contributed by atoms with Gasteiger partial charge in [0.1, 0.15) is 6.04 Å². The van der Waals surface area contributed by atoms with Gasteiger partial charge < -0.3 is 20.3 Å². The third-order valence-corrected chi connectivity index (χ3v) is 4.25. The number of fused-ring (bicyclic) bond motifs is 1. The van der Waals surface area contributed by atoms with Crippen LogP contribution in [0.5, 0.6) is 0 Å². The molecule has 3 rings (SSSR count). The average Bonchev–Trinajstić information content (AvgIpc) is 3.12. The van der Waals surface area contributed by atoms with E-state index in [0.717, 1.165) is 16.5 Å². The minimum absolute atomic E-state index is 0.137. The van der Waals surface area contributed by atoms with Crippen LogP contribution in [0.25, 0.3) is 10.9 Å². The highest BCUT2D eigenvalue weighted by Gasteiger charge is 2.31. The lowest BCUT2D eigenvalue weighted by molar-refractivity contribution is -0.135. The number of aromatic nitrogens is 1. The number of hydrogen-bond acceptors (Lipinski definition) is 3. The Kier molecular flexibility index (Phi) is 4.34. The number of nitrogens with zero attached hydrogens (tertiary/aromatic N) is 1. The van der Waals surface area contributed by atoms with E-state index in [1.165, 1.54) is 6.92 Å². The van der Waals surface area contributed by atoms with Crippen LogP contribution >= 0.6 is 0 Å². The molecule has 0 radical (unpaired) electrons. The SMILES string of the molecule is CC(=O)NC(Cc1c[nH]c2ccccc12)C(=O)N1CC[C@@H](O)C1. The Morgan fingerprint density at radius 3 is 2.91 bits per heavy atom. The first-order valence-corrected chi connectivity index (χ1v) is 7.83. The maximum absolute atomic E-state index is 12.7. The van der Waals surface area contributed by atoms with E-state index >= 15 is 0 Å². The highest BCUT2D eigenvalue weighted by Crippen LogP contribution is 2.20. The summed E-state index contributed by atoms with van der Waals surface area (Å²) < 4.78 is 0. The summed E-state index contributed by atoms with van der Waals surface area (Å²) in [5.41, 5.74) is 2.00. The molecule has 2 amide bonds. The number of aliphatic hydroxyl groups excluding tert-OH is 1. The molecule has 1 fully saturated rings. The van der Waals surface area contributed by atoms with Crippen LogP contribution in [0.1, 0.15) is 18.9 Å². The maximum atomic E-state index is 12.7. The van der Waals surface area contributed by atoms with Crippen LogP contribution in [-0.2, 0) is 16.0 Å². The van der Waals surface area contributed by atoms with Gasteiger partial charge in [0.15, 0.2) is 0 Å². The number of likely N-dealkylation sites (tertiary alicyclic amines) is 1. The summed E-state index contributed by atoms with van der Waals surface area (Å²) >= 11 is 0. The second kappa shape index (κ2) is 6.42. The molecule has 0 saturated carbocycles. The van der Waals surface area contributed by atoms with Gasteiger partial charge in [-0.3, -0.25) is 9.59 Å². The predicted molar refractivity (Wildman–Crippen MR) is 86.8 cm³/mol. The second-order valence-corrected chi connectivity index (χ2v) is 6.04. The molecule has 23 heavy (non-hydrogen) atoms. The molecule has 3 N–H and O–H groups in total. The molecular weight excluding hydrogens is 294 g/mol. The Labute approximate surface area is 134 Å². The number of aliphatic hydroxyl groups is 1. The molecule has 0 bridgehead atoms. The Morgan fingerprint density at radius 1 is 1.43 bits per heavy atom. The Morgan fingerprint density at radius 2 is 2.22 bits per heavy atom. The van der Waals surface area contributed by atoms with Crippen molar-refractivity contribution in [3.05, 3.63) is 36.0 Å². The van der Waals surface area contributed by atoms with Crippen molar-refractivity contribution in [1.82, 2.24) is 15.2 Å². The van der Waals surface area contributed by atoms with Crippen LogP contribution in [0.4, 0.5) is 0 Å². The van der Waals surface area contributed by atoms with E-state index in [2.05, 4.69) is 10.3 Å². The fourth-order valence-electron chi connectivity index (χ4n) is 3.13. The number of para-hydroxylation sites is 1. The zero-order valence-corrected chi connectivity index (χ0v) is 13.1. The summed E-state index contributed by atoms with van der Waals surface area (Å²) in [4.78, 5) is 29.0. The van der Waals surface area contributed by atoms with Gasteiger partial charge in [0.05, 0.1) is 6.10 Å². The van der Waals surface area contributed by atoms with Gasteiger partial charge in [-0.05, 0) is 18.1 Å². The molecule has 1 unspecified atom stereocenters. The molecule has 1 aliphatic heterocycles. The highest BCUT2D eigenvalue weighted by molar-refractivity contribution is 5.89. The lowest BCUT2D eigenvalue weighted by Gasteiger charge is -2.23. The van der Waals surface area contributed by atoms with Crippen LogP contribution in [0.3, 0.4) is 0 Å². The van der Waals surface area contributed by atoms with Gasteiger partial charge in [0.2, 0.25) is 11.8 Å². The number of carbonyl (C=O) groups is 2. The van der Waals surface area contributed by atoms with E-state index in [4.69, 9.17) is 0 Å². The number of H-pyrrole nitrogens is 1. The topological polar surface area (TPSA) is 85.4 Å². The van der Waals surface area contributed by atoms with Crippen molar-refractivity contribution in [2.24, 2.45) is 0 Å². The van der Waals surface area contributed by atoms with Gasteiger partial charge in [-0.25, -0.2) is 0 Å². The van der Waals surface area contributed by atoms with Crippen molar-refractivity contribution >= 4 is 22.7 Å². The molecule has 1 aromatic heterocycles. The fraction of sp³-hybridized carbons (Fsp3) is 0.412. The number of aromatic amines is 1. The second-order valence-electron chi connectivity index (χ2n) is 6.04. The summed E-state index contributed by atoms with van der Waals surface area (Å²) in [6.07, 6.45) is 2.43. The lowest BCUT2D eigenvalue weighted by Crippen LogP contribution is -2.48. The normalized spacial score (nSPS) is 19.0. The molecule has 122 valence electrons. The third-order valence-electron chi connectivity index (χ3n) is 4.25. The number of nitrogens with one attached hydrogen (secondary N) is 2. The first-order valence-electron chi connectivity index (χ1n) is 7.83. The maximum Gasteiger partial charge on any atom is 0.245 e. The zero-order valence-electron chi connectivity index (χ0n) is 13.1. The summed E-state index contributed by atoms with van der Waals surface area (Å²) in [7, 11) is 0. The van der Waals surface area contributed by atoms with E-state index in [9.17, 15) is 14.7 Å². The van der Waals surface area contributed by atoms with E-state index < -0.39 is 12.1 Å². The van der Waals surface area contributed by atoms with Crippen molar-refractivity contribution < 1.29 is 14.7 Å². The van der Waals surface area contributed by atoms with Crippen LogP contribution < -0.4 is 5.32 Å². The molecular formula is C17H21N3O3. The number of hydrogen-bond donors (Lipinski definition) is 3. The monoisotopic (exact) mass is 315 g/mol. The summed E-state index contributed by atoms with van der Waals surface area (Å²) in [6.45, 7) is 2.28. The summed E-state index contributed by atoms with van der Waals surface area (Å²) in [5.74, 6) is -0.370. The standard InChI is InChI=1S/C17H21N3O3/c1-11(21)19-16(17(23)20-7-6-13(22)10-20)8-12-9-18-15-5-3-2-4-14(12)15/h2-5,9,13,16,18,22H,6-8,10H2,1H3,(H,19,21)/t13-,16?/m1/s1. The molecule has 6 heteroatoms. The van der Waals surface area contributed by atoms with E-state index in [0.29, 0.717) is 25.9 Å². The van der Waals surface area contributed by atoms with E-state index in [1.807, 2.05) is 30.5 Å². The predicted octanol–water partition coefficient (Wildman–Crippen LogP) is 0.808. The van der Waals surface area contributed by atoms with Crippen LogP contribution in [-0.4, -0.2) is 52.0 Å². The third kappa shape index (κ3) is 3.37. The van der Waals surface area contributed by atoms with Crippen molar-refractivity contribution in [3.8, 4) is 0 Å². The number of β-amino-alcohol motifs (C(OH)–C–C–N with tert-alkyl or cyclic N) is 1. The van der Waals surface area contributed by atoms with Crippen molar-refractivity contribution in [2.45, 2.75) is 31.9 Å². The van der Waals surface area contributed by atoms with Crippen LogP contribution in [0.2, 0.25) is 0 Å². The van der Waals surface area contributed by atoms with E-state index in [1.54, 1.807) is 4.90 Å². The largest absolute Gasteiger partial charge is 0.391 e. The average molecular weight is 315 g/mol. The Hall–Kier alpha value is -2.34. The number of carbonyl (C=O) groups excluding carboxylic acids is 2. The fourth-order valence-corrected chi connectivity index (χ4v) is 3.13. The smallest absolute Gasteiger partial charge is 0.245 e. The van der Waals surface area contributed by atoms with Crippen LogP contribution in [0.15, 0.2) is 30.5 Å². The first kappa shape index (κ1) is 15.6. The van der Waals surface area contributed by atoms with Gasteiger partial charge in [0, 0.05) is 43.5 Å². The Balaban J connectivity index is 1.81. The number of benzene rings is 1. The molecule has 2 atom stereocenters. The van der Waals surface area contributed by atoms with E-state index in [-0.39, 0.29) is 11.8 Å². The van der Waals surface area contributed by atoms with Crippen molar-refractivity contribution in [3.63, 3.8) is 0 Å². The molecule has 1 aromatic carbocycles. The van der Waals surface area contributed by atoms with Gasteiger partial charge in [-0.1, -0.05) is 18.2 Å². The summed E-state index contributed by atoms with van der Waals surface area (Å²) in [6, 6.07) is 7.26.